The lowest BCUT2D eigenvalue weighted by molar-refractivity contribution is -0.114. The van der Waals surface area contributed by atoms with Gasteiger partial charge in [-0.2, -0.15) is 0 Å². The topological polar surface area (TPSA) is 17.1 Å². The molecule has 0 aliphatic rings. The van der Waals surface area contributed by atoms with Gasteiger partial charge in [0.15, 0.2) is 0 Å². The number of Topliss-reactive ketones (excluding diaryl/α,β-unsaturated/α-hetero) is 1. The van der Waals surface area contributed by atoms with Crippen molar-refractivity contribution in [2.24, 2.45) is 0 Å². The third-order valence-electron chi connectivity index (χ3n) is 2.01. The average molecular weight is 193 g/mol. The van der Waals surface area contributed by atoms with Crippen LogP contribution in [0, 0.1) is 6.92 Å². The second-order valence-electron chi connectivity index (χ2n) is 3.95. The van der Waals surface area contributed by atoms with Crippen LogP contribution >= 0.6 is 0 Å². The van der Waals surface area contributed by atoms with Crippen LogP contribution in [0.25, 0.3) is 0 Å². The van der Waals surface area contributed by atoms with Crippen LogP contribution in [0.5, 0.6) is 0 Å². The normalized spacial score (nSPS) is 11.3. The van der Waals surface area contributed by atoms with E-state index in [-0.39, 0.29) is 5.78 Å². The summed E-state index contributed by atoms with van der Waals surface area (Å²) in [6.07, 6.45) is 7.98. The van der Waals surface area contributed by atoms with Gasteiger partial charge in [-0.05, 0) is 40.0 Å². The van der Waals surface area contributed by atoms with Crippen LogP contribution in [0.4, 0.5) is 0 Å². The Morgan fingerprint density at radius 3 is 2.14 bits per heavy atom. The van der Waals surface area contributed by atoms with E-state index in [1.807, 2.05) is 0 Å². The quantitative estimate of drug-likeness (QED) is 0.585. The molecule has 0 amide bonds. The molecule has 0 fully saturated rings. The van der Waals surface area contributed by atoms with Gasteiger partial charge in [-0.1, -0.05) is 23.3 Å². The highest BCUT2D eigenvalue weighted by molar-refractivity contribution is 5.82. The Kier molecular flexibility index (Phi) is 7.09. The molecule has 1 nitrogen and oxygen atoms in total. The van der Waals surface area contributed by atoms with Gasteiger partial charge in [-0.25, -0.2) is 0 Å². The standard InChI is InChI=1S/C13H21O/c1-11(2)7-5-8-12(3)9-6-10-13(4)14/h7,9H,4-6,8,10H2,1-3H3/b12-9+. The van der Waals surface area contributed by atoms with Crippen molar-refractivity contribution in [3.8, 4) is 0 Å². The Labute approximate surface area is 87.9 Å². The molecular formula is C13H21O. The Morgan fingerprint density at radius 1 is 1.07 bits per heavy atom. The molecule has 1 radical (unpaired) electrons. The van der Waals surface area contributed by atoms with Gasteiger partial charge in [-0.3, -0.25) is 4.79 Å². The fourth-order valence-corrected chi connectivity index (χ4v) is 1.17. The van der Waals surface area contributed by atoms with E-state index < -0.39 is 0 Å². The van der Waals surface area contributed by atoms with Gasteiger partial charge < -0.3 is 0 Å². The fourth-order valence-electron chi connectivity index (χ4n) is 1.17. The molecular weight excluding hydrogens is 172 g/mol. The molecule has 0 bridgehead atoms. The first kappa shape index (κ1) is 13.2. The predicted octanol–water partition coefficient (Wildman–Crippen LogP) is 3.86. The maximum Gasteiger partial charge on any atom is 0.133 e. The minimum Gasteiger partial charge on any atom is -0.300 e. The first-order valence-corrected chi connectivity index (χ1v) is 5.16. The lowest BCUT2D eigenvalue weighted by atomic mass is 10.1. The zero-order valence-electron chi connectivity index (χ0n) is 9.60. The Morgan fingerprint density at radius 2 is 1.64 bits per heavy atom. The fraction of sp³-hybridized carbons (Fsp3) is 0.538. The van der Waals surface area contributed by atoms with E-state index in [1.54, 1.807) is 0 Å². The van der Waals surface area contributed by atoms with E-state index in [0.717, 1.165) is 19.3 Å². The Hall–Kier alpha value is -0.850. The number of ketones is 1. The van der Waals surface area contributed by atoms with E-state index in [9.17, 15) is 4.79 Å². The van der Waals surface area contributed by atoms with Gasteiger partial charge in [0.25, 0.3) is 0 Å². The highest BCUT2D eigenvalue weighted by Crippen LogP contribution is 2.08. The second-order valence-corrected chi connectivity index (χ2v) is 3.95. The largest absolute Gasteiger partial charge is 0.300 e. The number of carbonyl (C=O) groups is 1. The van der Waals surface area contributed by atoms with Crippen molar-refractivity contribution in [1.29, 1.82) is 0 Å². The molecule has 0 aliphatic carbocycles. The summed E-state index contributed by atoms with van der Waals surface area (Å²) >= 11 is 0. The zero-order chi connectivity index (χ0) is 11.0. The molecule has 0 unspecified atom stereocenters. The summed E-state index contributed by atoms with van der Waals surface area (Å²) in [5.41, 5.74) is 2.73. The molecule has 79 valence electrons. The third kappa shape index (κ3) is 9.24. The van der Waals surface area contributed by atoms with E-state index in [4.69, 9.17) is 0 Å². The third-order valence-corrected chi connectivity index (χ3v) is 2.01. The number of hydrogen-bond donors (Lipinski definition) is 0. The van der Waals surface area contributed by atoms with Crippen LogP contribution in [0.3, 0.4) is 0 Å². The van der Waals surface area contributed by atoms with Crippen molar-refractivity contribution in [3.63, 3.8) is 0 Å². The molecule has 0 aliphatic heterocycles. The van der Waals surface area contributed by atoms with Crippen molar-refractivity contribution in [3.05, 3.63) is 30.2 Å². The Balaban J connectivity index is 3.67. The van der Waals surface area contributed by atoms with Crippen LogP contribution in [0.15, 0.2) is 23.3 Å². The van der Waals surface area contributed by atoms with Crippen LogP contribution in [0.2, 0.25) is 0 Å². The van der Waals surface area contributed by atoms with Crippen LogP contribution in [-0.2, 0) is 4.79 Å². The molecule has 0 spiro atoms. The SMILES string of the molecule is [CH2]C(=O)CC/C=C(\C)CCC=C(C)C. The van der Waals surface area contributed by atoms with Crippen molar-refractivity contribution >= 4 is 5.78 Å². The summed E-state index contributed by atoms with van der Waals surface area (Å²) < 4.78 is 0. The zero-order valence-corrected chi connectivity index (χ0v) is 9.60. The van der Waals surface area contributed by atoms with Crippen molar-refractivity contribution in [2.75, 3.05) is 0 Å². The van der Waals surface area contributed by atoms with E-state index in [2.05, 4.69) is 39.8 Å². The summed E-state index contributed by atoms with van der Waals surface area (Å²) in [5, 5.41) is 0. The highest BCUT2D eigenvalue weighted by Gasteiger charge is 1.92. The van der Waals surface area contributed by atoms with Crippen molar-refractivity contribution in [2.45, 2.75) is 46.5 Å². The van der Waals surface area contributed by atoms with Gasteiger partial charge in [0, 0.05) is 13.3 Å². The number of carbonyl (C=O) groups excluding carboxylic acids is 1. The van der Waals surface area contributed by atoms with Gasteiger partial charge >= 0.3 is 0 Å². The average Bonchev–Trinajstić information content (AvgIpc) is 2.02. The van der Waals surface area contributed by atoms with Crippen LogP contribution < -0.4 is 0 Å². The van der Waals surface area contributed by atoms with Crippen LogP contribution in [0.1, 0.15) is 46.5 Å². The van der Waals surface area contributed by atoms with Gasteiger partial charge in [-0.15, -0.1) is 0 Å². The van der Waals surface area contributed by atoms with Gasteiger partial charge in [0.1, 0.15) is 5.78 Å². The van der Waals surface area contributed by atoms with Crippen LogP contribution in [-0.4, -0.2) is 5.78 Å². The minimum atomic E-state index is 0.0262. The summed E-state index contributed by atoms with van der Waals surface area (Å²) in [5.74, 6) is 0.0262. The maximum atomic E-state index is 10.6. The molecule has 1 heteroatoms. The van der Waals surface area contributed by atoms with E-state index in [1.165, 1.54) is 11.1 Å². The molecule has 0 N–H and O–H groups in total. The number of hydrogen-bond acceptors (Lipinski definition) is 1. The Bertz CT molecular complexity index is 230. The predicted molar refractivity (Wildman–Crippen MR) is 62.0 cm³/mol. The maximum absolute atomic E-state index is 10.6. The number of allylic oxidation sites excluding steroid dienone is 4. The van der Waals surface area contributed by atoms with Crippen molar-refractivity contribution in [1.82, 2.24) is 0 Å². The molecule has 0 atom stereocenters. The lowest BCUT2D eigenvalue weighted by Crippen LogP contribution is -1.88. The first-order valence-electron chi connectivity index (χ1n) is 5.16. The molecule has 0 aromatic rings. The van der Waals surface area contributed by atoms with Gasteiger partial charge in [0.05, 0.1) is 0 Å². The molecule has 0 saturated heterocycles. The summed E-state index contributed by atoms with van der Waals surface area (Å²) in [7, 11) is 0. The molecule has 0 rings (SSSR count). The molecule has 0 heterocycles. The molecule has 0 aromatic heterocycles. The minimum absolute atomic E-state index is 0.0262. The molecule has 14 heavy (non-hydrogen) atoms. The summed E-state index contributed by atoms with van der Waals surface area (Å²) in [6, 6.07) is 0. The van der Waals surface area contributed by atoms with Crippen molar-refractivity contribution < 1.29 is 4.79 Å². The smallest absolute Gasteiger partial charge is 0.133 e. The highest BCUT2D eigenvalue weighted by atomic mass is 16.1. The van der Waals surface area contributed by atoms with E-state index >= 15 is 0 Å². The second kappa shape index (κ2) is 7.54. The monoisotopic (exact) mass is 193 g/mol. The lowest BCUT2D eigenvalue weighted by Gasteiger charge is -1.98. The first-order chi connectivity index (χ1) is 6.52. The molecule has 0 saturated carbocycles. The molecule has 0 aromatic carbocycles. The van der Waals surface area contributed by atoms with Gasteiger partial charge in [0.2, 0.25) is 0 Å². The number of rotatable bonds is 6. The summed E-state index contributed by atoms with van der Waals surface area (Å²) in [6.45, 7) is 9.68. The van der Waals surface area contributed by atoms with E-state index in [0.29, 0.717) is 6.42 Å². The summed E-state index contributed by atoms with van der Waals surface area (Å²) in [4.78, 5) is 10.6.